The van der Waals surface area contributed by atoms with E-state index in [1.165, 1.54) is 11.8 Å². The summed E-state index contributed by atoms with van der Waals surface area (Å²) in [6.07, 6.45) is -0.226. The Morgan fingerprint density at radius 3 is 2.59 bits per heavy atom. The molecule has 0 aromatic heterocycles. The number of carbonyl (C=O) groups excluding carboxylic acids is 1. The number of hydrazine groups is 1. The van der Waals surface area contributed by atoms with Crippen LogP contribution in [0, 0.1) is 18.3 Å². The van der Waals surface area contributed by atoms with Crippen LogP contribution >= 0.6 is 11.8 Å². The average Bonchev–Trinajstić information content (AvgIpc) is 3.16. The van der Waals surface area contributed by atoms with Crippen molar-refractivity contribution in [2.24, 2.45) is 10.9 Å². The lowest BCUT2D eigenvalue weighted by Crippen LogP contribution is -2.50. The number of carbonyl (C=O) groups is 1. The van der Waals surface area contributed by atoms with Crippen LogP contribution in [0.25, 0.3) is 0 Å². The minimum absolute atomic E-state index is 0.0821. The number of amidine groups is 2. The number of rotatable bonds is 6. The molecule has 0 spiro atoms. The average molecular weight is 453 g/mol. The van der Waals surface area contributed by atoms with Gasteiger partial charge in [0.25, 0.3) is 0 Å². The third-order valence-corrected chi connectivity index (χ3v) is 6.36. The van der Waals surface area contributed by atoms with Crippen molar-refractivity contribution in [1.82, 2.24) is 10.9 Å². The standard InChI is InChI=1S/C23H28N6O2S/c1-4-31-18-11-7-16(8-12-18)25-19(30)13-32-23-26-22-20(15(3)27-28-22)21(24)29(23)17-9-5-14(2)6-10-17/h5-12,15,20,22,24,27-28H,4,13H2,1-3H3,(H,25,30). The molecular weight excluding hydrogens is 424 g/mol. The number of aliphatic imine (C=N–C) groups is 1. The van der Waals surface area contributed by atoms with Crippen molar-refractivity contribution < 1.29 is 9.53 Å². The van der Waals surface area contributed by atoms with Gasteiger partial charge in [0.2, 0.25) is 5.91 Å². The molecule has 4 N–H and O–H groups in total. The highest BCUT2D eigenvalue weighted by molar-refractivity contribution is 8.14. The molecule has 2 aliphatic heterocycles. The number of benzene rings is 2. The minimum atomic E-state index is -0.226. The highest BCUT2D eigenvalue weighted by Crippen LogP contribution is 2.31. The Balaban J connectivity index is 1.48. The summed E-state index contributed by atoms with van der Waals surface area (Å²) in [5.74, 6) is 1.20. The molecule has 1 fully saturated rings. The molecule has 8 nitrogen and oxygen atoms in total. The SMILES string of the molecule is CCOc1ccc(NC(=O)CSC2=NC3NNC(C)C3C(=N)N2c2ccc(C)cc2)cc1. The summed E-state index contributed by atoms with van der Waals surface area (Å²) in [4.78, 5) is 19.3. The summed E-state index contributed by atoms with van der Waals surface area (Å²) in [5.41, 5.74) is 9.07. The second-order valence-electron chi connectivity index (χ2n) is 7.81. The van der Waals surface area contributed by atoms with E-state index in [1.807, 2.05) is 74.2 Å². The van der Waals surface area contributed by atoms with Gasteiger partial charge in [-0.1, -0.05) is 29.5 Å². The van der Waals surface area contributed by atoms with E-state index < -0.39 is 0 Å². The van der Waals surface area contributed by atoms with Gasteiger partial charge in [0.05, 0.1) is 18.3 Å². The Morgan fingerprint density at radius 2 is 1.91 bits per heavy atom. The molecule has 2 aromatic carbocycles. The summed E-state index contributed by atoms with van der Waals surface area (Å²) in [7, 11) is 0. The Hall–Kier alpha value is -2.88. The van der Waals surface area contributed by atoms with Gasteiger partial charge in [-0.2, -0.15) is 0 Å². The number of hydrogen-bond acceptors (Lipinski definition) is 7. The van der Waals surface area contributed by atoms with Gasteiger partial charge in [-0.3, -0.25) is 20.5 Å². The number of nitrogens with zero attached hydrogens (tertiary/aromatic N) is 2. The predicted octanol–water partition coefficient (Wildman–Crippen LogP) is 3.36. The van der Waals surface area contributed by atoms with Crippen molar-refractivity contribution in [3.63, 3.8) is 0 Å². The fourth-order valence-electron chi connectivity index (χ4n) is 3.77. The lowest BCUT2D eigenvalue weighted by atomic mass is 9.97. The first-order valence-corrected chi connectivity index (χ1v) is 11.6. The maximum Gasteiger partial charge on any atom is 0.234 e. The van der Waals surface area contributed by atoms with Gasteiger partial charge >= 0.3 is 0 Å². The summed E-state index contributed by atoms with van der Waals surface area (Å²) in [6, 6.07) is 15.4. The normalized spacial score (nSPS) is 22.3. The van der Waals surface area contributed by atoms with E-state index >= 15 is 0 Å². The molecule has 2 aromatic rings. The van der Waals surface area contributed by atoms with E-state index in [0.717, 1.165) is 17.0 Å². The fraction of sp³-hybridized carbons (Fsp3) is 0.348. The Labute approximate surface area is 192 Å². The summed E-state index contributed by atoms with van der Waals surface area (Å²) in [5, 5.41) is 12.4. The Kier molecular flexibility index (Phi) is 6.78. The molecule has 9 heteroatoms. The Bertz CT molecular complexity index is 1010. The number of nitrogens with one attached hydrogen (secondary N) is 4. The van der Waals surface area contributed by atoms with Crippen molar-refractivity contribution in [2.45, 2.75) is 33.0 Å². The molecule has 1 saturated heterocycles. The van der Waals surface area contributed by atoms with Gasteiger partial charge in [-0.15, -0.1) is 0 Å². The van der Waals surface area contributed by atoms with Crippen molar-refractivity contribution in [1.29, 1.82) is 5.41 Å². The van der Waals surface area contributed by atoms with Crippen LogP contribution < -0.4 is 25.8 Å². The zero-order valence-corrected chi connectivity index (χ0v) is 19.2. The molecule has 0 radical (unpaired) electrons. The predicted molar refractivity (Wildman–Crippen MR) is 131 cm³/mol. The molecule has 0 aliphatic carbocycles. The van der Waals surface area contributed by atoms with Crippen LogP contribution in [0.1, 0.15) is 19.4 Å². The van der Waals surface area contributed by atoms with Gasteiger partial charge in [0, 0.05) is 17.4 Å². The second-order valence-corrected chi connectivity index (χ2v) is 8.75. The number of hydrogen-bond donors (Lipinski definition) is 4. The van der Waals surface area contributed by atoms with Crippen LogP contribution in [0.2, 0.25) is 0 Å². The number of amides is 1. The zero-order chi connectivity index (χ0) is 22.7. The zero-order valence-electron chi connectivity index (χ0n) is 18.4. The molecule has 3 atom stereocenters. The lowest BCUT2D eigenvalue weighted by Gasteiger charge is -2.36. The molecule has 4 rings (SSSR count). The number of ether oxygens (including phenoxy) is 1. The van der Waals surface area contributed by atoms with Crippen LogP contribution in [-0.4, -0.2) is 41.5 Å². The van der Waals surface area contributed by atoms with Gasteiger partial charge < -0.3 is 10.1 Å². The number of anilines is 2. The van der Waals surface area contributed by atoms with E-state index in [4.69, 9.17) is 15.1 Å². The Morgan fingerprint density at radius 1 is 1.19 bits per heavy atom. The molecule has 32 heavy (non-hydrogen) atoms. The first kappa shape index (κ1) is 22.3. The van der Waals surface area contributed by atoms with Crippen LogP contribution in [0.4, 0.5) is 11.4 Å². The van der Waals surface area contributed by atoms with Gasteiger partial charge in [-0.05, 0) is 57.2 Å². The maximum absolute atomic E-state index is 12.6. The lowest BCUT2D eigenvalue weighted by molar-refractivity contribution is -0.113. The van der Waals surface area contributed by atoms with Crippen LogP contribution in [0.3, 0.4) is 0 Å². The molecule has 2 aliphatic rings. The van der Waals surface area contributed by atoms with Crippen LogP contribution in [0.15, 0.2) is 53.5 Å². The molecule has 3 unspecified atom stereocenters. The van der Waals surface area contributed by atoms with E-state index in [2.05, 4.69) is 16.2 Å². The third-order valence-electron chi connectivity index (χ3n) is 5.41. The van der Waals surface area contributed by atoms with Crippen LogP contribution in [0.5, 0.6) is 5.75 Å². The first-order valence-electron chi connectivity index (χ1n) is 10.7. The van der Waals surface area contributed by atoms with E-state index in [0.29, 0.717) is 23.3 Å². The van der Waals surface area contributed by atoms with Gasteiger partial charge in [0.1, 0.15) is 17.8 Å². The second kappa shape index (κ2) is 9.72. The maximum atomic E-state index is 12.6. The van der Waals surface area contributed by atoms with Gasteiger partial charge in [0.15, 0.2) is 5.17 Å². The summed E-state index contributed by atoms with van der Waals surface area (Å²) < 4.78 is 5.44. The smallest absolute Gasteiger partial charge is 0.234 e. The van der Waals surface area contributed by atoms with E-state index in [-0.39, 0.29) is 29.8 Å². The first-order chi connectivity index (χ1) is 15.5. The van der Waals surface area contributed by atoms with Crippen LogP contribution in [-0.2, 0) is 4.79 Å². The molecule has 1 amide bonds. The van der Waals surface area contributed by atoms with Crippen molar-refractivity contribution >= 4 is 40.0 Å². The molecule has 168 valence electrons. The highest BCUT2D eigenvalue weighted by Gasteiger charge is 2.43. The monoisotopic (exact) mass is 452 g/mol. The molecule has 0 saturated carbocycles. The molecule has 0 bridgehead atoms. The minimum Gasteiger partial charge on any atom is -0.494 e. The highest BCUT2D eigenvalue weighted by atomic mass is 32.2. The van der Waals surface area contributed by atoms with E-state index in [1.54, 1.807) is 0 Å². The topological polar surface area (TPSA) is 102 Å². The summed E-state index contributed by atoms with van der Waals surface area (Å²) >= 11 is 1.33. The van der Waals surface area contributed by atoms with Crippen molar-refractivity contribution in [3.05, 3.63) is 54.1 Å². The molecular formula is C23H28N6O2S. The number of fused-ring (bicyclic) bond motifs is 1. The van der Waals surface area contributed by atoms with Crippen molar-refractivity contribution in [3.8, 4) is 5.75 Å². The fourth-order valence-corrected chi connectivity index (χ4v) is 4.62. The molecule has 2 heterocycles. The quantitative estimate of drug-likeness (QED) is 0.536. The largest absolute Gasteiger partial charge is 0.494 e. The van der Waals surface area contributed by atoms with Crippen molar-refractivity contribution in [2.75, 3.05) is 22.6 Å². The summed E-state index contributed by atoms with van der Waals surface area (Å²) in [6.45, 7) is 6.60. The number of aryl methyl sites for hydroxylation is 1. The van der Waals surface area contributed by atoms with Gasteiger partial charge in [-0.25, -0.2) is 10.4 Å². The van der Waals surface area contributed by atoms with E-state index in [9.17, 15) is 4.79 Å². The third kappa shape index (κ3) is 4.79. The number of thioether (sulfide) groups is 1.